The van der Waals surface area contributed by atoms with Gasteiger partial charge < -0.3 is 0 Å². The van der Waals surface area contributed by atoms with Crippen molar-refractivity contribution >= 4 is 5.69 Å². The van der Waals surface area contributed by atoms with Gasteiger partial charge in [-0.1, -0.05) is 0 Å². The molecular weight excluding hydrogens is 185 g/mol. The van der Waals surface area contributed by atoms with Crippen LogP contribution >= 0.6 is 0 Å². The molecule has 0 saturated heterocycles. The third kappa shape index (κ3) is 1.36. The predicted molar refractivity (Wildman–Crippen MR) is 52.0 cm³/mol. The van der Waals surface area contributed by atoms with Crippen LogP contribution in [-0.4, -0.2) is 4.92 Å². The molecule has 0 spiro atoms. The molecule has 0 aliphatic carbocycles. The molecule has 0 aromatic heterocycles. The highest BCUT2D eigenvalue weighted by molar-refractivity contribution is 5.52. The van der Waals surface area contributed by atoms with Gasteiger partial charge >= 0.3 is 5.69 Å². The monoisotopic (exact) mass is 197 g/mol. The lowest BCUT2D eigenvalue weighted by Crippen LogP contribution is -2.03. The fourth-order valence-corrected chi connectivity index (χ4v) is 1.46. The van der Waals surface area contributed by atoms with Crippen molar-refractivity contribution in [2.75, 3.05) is 0 Å². The lowest BCUT2D eigenvalue weighted by molar-refractivity contribution is -0.388. The molecule has 1 aromatic rings. The second kappa shape index (κ2) is 3.36. The van der Waals surface area contributed by atoms with E-state index in [4.69, 9.17) is 0 Å². The van der Waals surface area contributed by atoms with Gasteiger partial charge in [0.1, 0.15) is 0 Å². The molecule has 14 heavy (non-hydrogen) atoms. The minimum atomic E-state index is -0.712. The highest BCUT2D eigenvalue weighted by atomic mass is 19.1. The Hall–Kier alpha value is -1.45. The molecule has 1 aromatic carbocycles. The maximum atomic E-state index is 13.5. The van der Waals surface area contributed by atoms with Gasteiger partial charge in [0.15, 0.2) is 0 Å². The van der Waals surface area contributed by atoms with E-state index >= 15 is 0 Å². The van der Waals surface area contributed by atoms with Crippen molar-refractivity contribution in [1.82, 2.24) is 0 Å². The zero-order valence-electron chi connectivity index (χ0n) is 8.64. The Morgan fingerprint density at radius 3 is 1.86 bits per heavy atom. The molecule has 3 nitrogen and oxygen atoms in total. The van der Waals surface area contributed by atoms with Crippen molar-refractivity contribution in [3.8, 4) is 0 Å². The summed E-state index contributed by atoms with van der Waals surface area (Å²) in [5.41, 5.74) is 1.95. The third-order valence-corrected chi connectivity index (χ3v) is 2.76. The molecular formula is C10H12FNO2. The predicted octanol–water partition coefficient (Wildman–Crippen LogP) is 2.97. The van der Waals surface area contributed by atoms with Gasteiger partial charge in [0.05, 0.1) is 4.92 Å². The summed E-state index contributed by atoms with van der Waals surface area (Å²) in [4.78, 5) is 9.96. The Balaban J connectivity index is 3.68. The minimum absolute atomic E-state index is 0.361. The number of nitro benzene ring substituents is 1. The first-order chi connectivity index (χ1) is 6.37. The highest BCUT2D eigenvalue weighted by Crippen LogP contribution is 2.30. The van der Waals surface area contributed by atoms with Crippen LogP contribution in [0, 0.1) is 43.6 Å². The molecule has 0 saturated carbocycles. The quantitative estimate of drug-likeness (QED) is 0.513. The molecule has 0 aliphatic rings. The van der Waals surface area contributed by atoms with Gasteiger partial charge in [-0.2, -0.15) is 4.39 Å². The van der Waals surface area contributed by atoms with Crippen LogP contribution in [0.1, 0.15) is 22.3 Å². The largest absolute Gasteiger partial charge is 0.308 e. The summed E-state index contributed by atoms with van der Waals surface area (Å²) >= 11 is 0. The fraction of sp³-hybridized carbons (Fsp3) is 0.400. The molecule has 4 heteroatoms. The van der Waals surface area contributed by atoms with Gasteiger partial charge in [-0.15, -0.1) is 0 Å². The second-order valence-electron chi connectivity index (χ2n) is 3.42. The summed E-state index contributed by atoms with van der Waals surface area (Å²) in [6, 6.07) is 0. The van der Waals surface area contributed by atoms with Crippen molar-refractivity contribution < 1.29 is 9.31 Å². The van der Waals surface area contributed by atoms with Crippen LogP contribution in [0.25, 0.3) is 0 Å². The second-order valence-corrected chi connectivity index (χ2v) is 3.42. The zero-order chi connectivity index (χ0) is 11.0. The lowest BCUT2D eigenvalue weighted by Gasteiger charge is -2.09. The Kier molecular flexibility index (Phi) is 2.55. The smallest absolute Gasteiger partial charge is 0.258 e. The Labute approximate surface area is 81.7 Å². The van der Waals surface area contributed by atoms with Crippen LogP contribution in [0.15, 0.2) is 0 Å². The van der Waals surface area contributed by atoms with Crippen molar-refractivity contribution in [2.24, 2.45) is 0 Å². The molecule has 0 heterocycles. The van der Waals surface area contributed by atoms with Crippen LogP contribution in [-0.2, 0) is 0 Å². The Morgan fingerprint density at radius 2 is 1.43 bits per heavy atom. The molecule has 0 radical (unpaired) electrons. The van der Waals surface area contributed by atoms with Gasteiger partial charge in [0.25, 0.3) is 0 Å². The van der Waals surface area contributed by atoms with Gasteiger partial charge in [-0.05, 0) is 44.4 Å². The van der Waals surface area contributed by atoms with E-state index < -0.39 is 16.4 Å². The number of nitrogens with zero attached hydrogens (tertiary/aromatic N) is 1. The van der Waals surface area contributed by atoms with E-state index in [-0.39, 0.29) is 0 Å². The van der Waals surface area contributed by atoms with Crippen LogP contribution in [0.3, 0.4) is 0 Å². The molecule has 1 rings (SSSR count). The third-order valence-electron chi connectivity index (χ3n) is 2.76. The van der Waals surface area contributed by atoms with E-state index in [2.05, 4.69) is 0 Å². The molecule has 0 fully saturated rings. The Morgan fingerprint density at radius 1 is 1.00 bits per heavy atom. The molecule has 0 aliphatic heterocycles. The molecule has 76 valence electrons. The maximum Gasteiger partial charge on any atom is 0.308 e. The van der Waals surface area contributed by atoms with E-state index in [0.717, 1.165) is 11.1 Å². The molecule has 0 N–H and O–H groups in total. The van der Waals surface area contributed by atoms with E-state index in [1.165, 1.54) is 0 Å². The van der Waals surface area contributed by atoms with Crippen molar-refractivity contribution in [3.05, 3.63) is 38.2 Å². The van der Waals surface area contributed by atoms with Gasteiger partial charge in [0, 0.05) is 5.56 Å². The number of hydrogen-bond acceptors (Lipinski definition) is 2. The summed E-state index contributed by atoms with van der Waals surface area (Å²) in [6.07, 6.45) is 0. The molecule has 0 atom stereocenters. The van der Waals surface area contributed by atoms with E-state index in [9.17, 15) is 14.5 Å². The van der Waals surface area contributed by atoms with Gasteiger partial charge in [-0.25, -0.2) is 0 Å². The van der Waals surface area contributed by atoms with Crippen molar-refractivity contribution in [2.45, 2.75) is 27.7 Å². The van der Waals surface area contributed by atoms with Crippen molar-refractivity contribution in [3.63, 3.8) is 0 Å². The number of nitro groups is 1. The first-order valence-corrected chi connectivity index (χ1v) is 4.28. The van der Waals surface area contributed by atoms with Gasteiger partial charge in [0.2, 0.25) is 5.82 Å². The number of halogens is 1. The average Bonchev–Trinajstić information content (AvgIpc) is 2.11. The van der Waals surface area contributed by atoms with E-state index in [1.54, 1.807) is 27.7 Å². The van der Waals surface area contributed by atoms with E-state index in [1.807, 2.05) is 0 Å². The van der Waals surface area contributed by atoms with Crippen LogP contribution in [0.5, 0.6) is 0 Å². The lowest BCUT2D eigenvalue weighted by atomic mass is 9.97. The van der Waals surface area contributed by atoms with Crippen LogP contribution in [0.2, 0.25) is 0 Å². The molecule has 0 bridgehead atoms. The van der Waals surface area contributed by atoms with Crippen LogP contribution in [0.4, 0.5) is 10.1 Å². The van der Waals surface area contributed by atoms with E-state index in [0.29, 0.717) is 11.1 Å². The highest BCUT2D eigenvalue weighted by Gasteiger charge is 2.23. The maximum absolute atomic E-state index is 13.5. The molecule has 0 unspecified atom stereocenters. The van der Waals surface area contributed by atoms with Crippen molar-refractivity contribution in [1.29, 1.82) is 0 Å². The summed E-state index contributed by atoms with van der Waals surface area (Å²) in [5, 5.41) is 10.6. The summed E-state index contributed by atoms with van der Waals surface area (Å²) in [6.45, 7) is 6.67. The van der Waals surface area contributed by atoms with Crippen LogP contribution < -0.4 is 0 Å². The Bertz CT molecular complexity index is 384. The average molecular weight is 197 g/mol. The minimum Gasteiger partial charge on any atom is -0.258 e. The fourth-order valence-electron chi connectivity index (χ4n) is 1.46. The number of rotatable bonds is 1. The summed E-state index contributed by atoms with van der Waals surface area (Å²) in [7, 11) is 0. The molecule has 0 amide bonds. The topological polar surface area (TPSA) is 43.1 Å². The first-order valence-electron chi connectivity index (χ1n) is 4.28. The summed E-state index contributed by atoms with van der Waals surface area (Å²) < 4.78 is 13.5. The zero-order valence-corrected chi connectivity index (χ0v) is 8.64. The normalized spacial score (nSPS) is 10.4. The first kappa shape index (κ1) is 10.6. The van der Waals surface area contributed by atoms with Gasteiger partial charge in [-0.3, -0.25) is 10.1 Å². The standard InChI is InChI=1S/C10H12FNO2/c1-5-6(2)8(4)10(12(13)14)9(11)7(5)3/h1-4H3. The number of hydrogen-bond donors (Lipinski definition) is 0. The summed E-state index contributed by atoms with van der Waals surface area (Å²) in [5.74, 6) is -0.712. The SMILES string of the molecule is Cc1c(C)c(C)c([N+](=O)[O-])c(F)c1C. The number of benzene rings is 1.